The predicted octanol–water partition coefficient (Wildman–Crippen LogP) is 4.14. The summed E-state index contributed by atoms with van der Waals surface area (Å²) in [6, 6.07) is 13.0. The summed E-state index contributed by atoms with van der Waals surface area (Å²) in [4.78, 5) is 20.7. The third-order valence-electron chi connectivity index (χ3n) is 3.83. The van der Waals surface area contributed by atoms with Crippen LogP contribution in [0.2, 0.25) is 0 Å². The Balaban J connectivity index is 1.43. The van der Waals surface area contributed by atoms with Crippen LogP contribution in [0.4, 0.5) is 10.1 Å². The number of hydrogen-bond acceptors (Lipinski definition) is 5. The lowest BCUT2D eigenvalue weighted by Gasteiger charge is -2.05. The van der Waals surface area contributed by atoms with E-state index in [1.165, 1.54) is 18.5 Å². The van der Waals surface area contributed by atoms with Crippen LogP contribution in [-0.4, -0.2) is 25.6 Å². The molecule has 0 saturated heterocycles. The molecule has 0 spiro atoms. The summed E-state index contributed by atoms with van der Waals surface area (Å²) in [6.45, 7) is 0.0890. The van der Waals surface area contributed by atoms with E-state index in [-0.39, 0.29) is 30.0 Å². The van der Waals surface area contributed by atoms with Crippen LogP contribution in [0.25, 0.3) is 23.0 Å². The number of nitrogens with one attached hydrogen (secondary N) is 1. The molecule has 140 valence electrons. The van der Waals surface area contributed by atoms with Crippen molar-refractivity contribution in [3.8, 4) is 23.0 Å². The third kappa shape index (κ3) is 4.15. The molecule has 2 heterocycles. The molecule has 7 nitrogen and oxygen atoms in total. The fourth-order valence-corrected chi connectivity index (χ4v) is 2.76. The molecule has 0 bridgehead atoms. The lowest BCUT2D eigenvalue weighted by Crippen LogP contribution is -2.17. The second-order valence-electron chi connectivity index (χ2n) is 5.92. The van der Waals surface area contributed by atoms with Crippen molar-refractivity contribution in [2.75, 3.05) is 5.32 Å². The van der Waals surface area contributed by atoms with Gasteiger partial charge in [0.1, 0.15) is 18.1 Å². The molecule has 2 aromatic carbocycles. The van der Waals surface area contributed by atoms with Crippen molar-refractivity contribution in [3.63, 3.8) is 0 Å². The molecular weight excluding hydrogens is 429 g/mol. The van der Waals surface area contributed by atoms with Crippen molar-refractivity contribution >= 4 is 27.5 Å². The van der Waals surface area contributed by atoms with Gasteiger partial charge in [-0.25, -0.2) is 9.37 Å². The van der Waals surface area contributed by atoms with Crippen LogP contribution in [0.1, 0.15) is 0 Å². The number of imidazole rings is 1. The Morgan fingerprint density at radius 2 is 1.89 bits per heavy atom. The van der Waals surface area contributed by atoms with Crippen molar-refractivity contribution in [2.45, 2.75) is 6.54 Å². The van der Waals surface area contributed by atoms with Gasteiger partial charge in [0.05, 0.1) is 6.33 Å². The van der Waals surface area contributed by atoms with E-state index in [9.17, 15) is 9.18 Å². The molecule has 0 aliphatic rings. The van der Waals surface area contributed by atoms with Crippen molar-refractivity contribution in [1.82, 2.24) is 19.7 Å². The van der Waals surface area contributed by atoms with Crippen LogP contribution < -0.4 is 5.32 Å². The van der Waals surface area contributed by atoms with E-state index in [0.29, 0.717) is 16.9 Å². The normalized spacial score (nSPS) is 10.8. The summed E-state index contributed by atoms with van der Waals surface area (Å²) >= 11 is 3.35. The van der Waals surface area contributed by atoms with Crippen LogP contribution >= 0.6 is 15.9 Å². The molecule has 0 atom stereocenters. The van der Waals surface area contributed by atoms with E-state index in [4.69, 9.17) is 4.52 Å². The van der Waals surface area contributed by atoms with Crippen LogP contribution in [0, 0.1) is 5.82 Å². The minimum absolute atomic E-state index is 0.0890. The number of rotatable bonds is 5. The fourth-order valence-electron chi connectivity index (χ4n) is 2.50. The number of amides is 1. The number of benzene rings is 2. The van der Waals surface area contributed by atoms with Gasteiger partial charge in [0.2, 0.25) is 11.7 Å². The van der Waals surface area contributed by atoms with E-state index in [0.717, 1.165) is 4.47 Å². The number of aromatic nitrogens is 4. The van der Waals surface area contributed by atoms with E-state index in [1.54, 1.807) is 35.0 Å². The van der Waals surface area contributed by atoms with Crippen LogP contribution in [0.15, 0.2) is 70.1 Å². The van der Waals surface area contributed by atoms with Gasteiger partial charge >= 0.3 is 0 Å². The number of nitrogens with zero attached hydrogens (tertiary/aromatic N) is 4. The van der Waals surface area contributed by atoms with E-state index in [2.05, 4.69) is 36.4 Å². The minimum Gasteiger partial charge on any atom is -0.334 e. The molecule has 0 aliphatic heterocycles. The van der Waals surface area contributed by atoms with E-state index < -0.39 is 0 Å². The van der Waals surface area contributed by atoms with Gasteiger partial charge < -0.3 is 14.4 Å². The molecule has 1 N–H and O–H groups in total. The quantitative estimate of drug-likeness (QED) is 0.502. The molecule has 0 fully saturated rings. The standard InChI is InChI=1S/C19H13BrFN5O2/c20-13-3-7-15(8-4-13)23-17(27)10-26-9-16(22-11-26)18-24-19(28-25-18)12-1-5-14(21)6-2-12/h1-9,11H,10H2,(H,23,27). The maximum absolute atomic E-state index is 13.0. The van der Waals surface area contributed by atoms with Crippen LogP contribution in [-0.2, 0) is 11.3 Å². The second kappa shape index (κ2) is 7.73. The Morgan fingerprint density at radius 3 is 2.64 bits per heavy atom. The van der Waals surface area contributed by atoms with Gasteiger partial charge in [-0.15, -0.1) is 0 Å². The molecule has 4 aromatic rings. The first-order chi connectivity index (χ1) is 13.6. The van der Waals surface area contributed by atoms with Gasteiger partial charge in [0, 0.05) is 21.9 Å². The fraction of sp³-hybridized carbons (Fsp3) is 0.0526. The summed E-state index contributed by atoms with van der Waals surface area (Å²) < 4.78 is 20.8. The summed E-state index contributed by atoms with van der Waals surface area (Å²) in [5.74, 6) is 0.0129. The number of carbonyl (C=O) groups excluding carboxylic acids is 1. The largest absolute Gasteiger partial charge is 0.334 e. The first kappa shape index (κ1) is 18.1. The summed E-state index contributed by atoms with van der Waals surface area (Å²) in [7, 11) is 0. The summed E-state index contributed by atoms with van der Waals surface area (Å²) in [6.07, 6.45) is 3.17. The highest BCUT2D eigenvalue weighted by Gasteiger charge is 2.14. The van der Waals surface area contributed by atoms with Crippen molar-refractivity contribution < 1.29 is 13.7 Å². The zero-order valence-electron chi connectivity index (χ0n) is 14.3. The number of halogens is 2. The predicted molar refractivity (Wildman–Crippen MR) is 104 cm³/mol. The Labute approximate surface area is 167 Å². The highest BCUT2D eigenvalue weighted by atomic mass is 79.9. The molecular formula is C19H13BrFN5O2. The monoisotopic (exact) mass is 441 g/mol. The Kier molecular flexibility index (Phi) is 4.98. The van der Waals surface area contributed by atoms with E-state index >= 15 is 0 Å². The number of hydrogen-bond donors (Lipinski definition) is 1. The highest BCUT2D eigenvalue weighted by molar-refractivity contribution is 9.10. The highest BCUT2D eigenvalue weighted by Crippen LogP contribution is 2.21. The second-order valence-corrected chi connectivity index (χ2v) is 6.83. The molecule has 0 aliphatic carbocycles. The topological polar surface area (TPSA) is 85.8 Å². The lowest BCUT2D eigenvalue weighted by molar-refractivity contribution is -0.116. The van der Waals surface area contributed by atoms with Gasteiger partial charge in [-0.1, -0.05) is 21.1 Å². The zero-order chi connectivity index (χ0) is 19.5. The molecule has 2 aromatic heterocycles. The molecule has 0 unspecified atom stereocenters. The molecule has 9 heteroatoms. The van der Waals surface area contributed by atoms with Crippen molar-refractivity contribution in [1.29, 1.82) is 0 Å². The Bertz CT molecular complexity index is 1110. The van der Waals surface area contributed by atoms with Crippen molar-refractivity contribution in [2.24, 2.45) is 0 Å². The smallest absolute Gasteiger partial charge is 0.258 e. The average Bonchev–Trinajstić information content (AvgIpc) is 3.34. The van der Waals surface area contributed by atoms with Crippen LogP contribution in [0.3, 0.4) is 0 Å². The molecule has 28 heavy (non-hydrogen) atoms. The average molecular weight is 442 g/mol. The Hall–Kier alpha value is -3.33. The van der Waals surface area contributed by atoms with Gasteiger partial charge in [-0.3, -0.25) is 4.79 Å². The number of anilines is 1. The zero-order valence-corrected chi connectivity index (χ0v) is 15.9. The van der Waals surface area contributed by atoms with Crippen molar-refractivity contribution in [3.05, 3.63) is 71.3 Å². The Morgan fingerprint density at radius 1 is 1.14 bits per heavy atom. The lowest BCUT2D eigenvalue weighted by atomic mass is 10.2. The molecule has 1 amide bonds. The number of carbonyl (C=O) groups is 1. The molecule has 4 rings (SSSR count). The molecule has 0 saturated carbocycles. The maximum atomic E-state index is 13.0. The van der Waals surface area contributed by atoms with Gasteiger partial charge in [0.15, 0.2) is 0 Å². The van der Waals surface area contributed by atoms with Gasteiger partial charge in [-0.05, 0) is 48.5 Å². The van der Waals surface area contributed by atoms with Crippen LogP contribution in [0.5, 0.6) is 0 Å². The van der Waals surface area contributed by atoms with E-state index in [1.807, 2.05) is 12.1 Å². The first-order valence-electron chi connectivity index (χ1n) is 8.24. The third-order valence-corrected chi connectivity index (χ3v) is 4.36. The summed E-state index contributed by atoms with van der Waals surface area (Å²) in [5.41, 5.74) is 1.78. The van der Waals surface area contributed by atoms with Gasteiger partial charge in [-0.2, -0.15) is 4.98 Å². The van der Waals surface area contributed by atoms with Gasteiger partial charge in [0.25, 0.3) is 5.89 Å². The minimum atomic E-state index is -0.344. The summed E-state index contributed by atoms with van der Waals surface area (Å²) in [5, 5.41) is 6.70. The SMILES string of the molecule is O=C(Cn1cnc(-c2noc(-c3ccc(F)cc3)n2)c1)Nc1ccc(Br)cc1. The molecule has 0 radical (unpaired) electrons. The first-order valence-corrected chi connectivity index (χ1v) is 9.03. The maximum Gasteiger partial charge on any atom is 0.258 e.